The minimum atomic E-state index is -0.251. The molecule has 4 heteroatoms. The van der Waals surface area contributed by atoms with E-state index >= 15 is 0 Å². The maximum Gasteiger partial charge on any atom is 0.0817 e. The summed E-state index contributed by atoms with van der Waals surface area (Å²) in [5, 5.41) is 0. The van der Waals surface area contributed by atoms with Gasteiger partial charge >= 0.3 is 0 Å². The van der Waals surface area contributed by atoms with E-state index in [4.69, 9.17) is 16.2 Å². The number of rotatable bonds is 4. The molecule has 0 aromatic rings. The maximum absolute atomic E-state index is 5.55. The highest BCUT2D eigenvalue weighted by Gasteiger charge is 2.14. The number of methoxy groups -OCH3 is 1. The van der Waals surface area contributed by atoms with Crippen molar-refractivity contribution >= 4 is 6.21 Å². The molecule has 0 radical (unpaired) electrons. The molecule has 76 valence electrons. The van der Waals surface area contributed by atoms with Crippen LogP contribution in [0.5, 0.6) is 0 Å². The lowest BCUT2D eigenvalue weighted by Gasteiger charge is -2.19. The largest absolute Gasteiger partial charge is 0.401 e. The molecule has 4 nitrogen and oxygen atoms in total. The first-order valence-corrected chi connectivity index (χ1v) is 4.16. The third-order valence-corrected chi connectivity index (χ3v) is 1.71. The van der Waals surface area contributed by atoms with Gasteiger partial charge in [0.2, 0.25) is 0 Å². The fraction of sp³-hybridized carbons (Fsp3) is 0.667. The molecule has 0 aliphatic heterocycles. The molecule has 0 rings (SSSR count). The lowest BCUT2D eigenvalue weighted by Crippen LogP contribution is -2.26. The molecule has 0 unspecified atom stereocenters. The zero-order chi connectivity index (χ0) is 10.5. The van der Waals surface area contributed by atoms with Crippen molar-refractivity contribution in [2.24, 2.45) is 16.5 Å². The highest BCUT2D eigenvalue weighted by molar-refractivity contribution is 5.77. The Morgan fingerprint density at radius 2 is 2.00 bits per heavy atom. The van der Waals surface area contributed by atoms with Gasteiger partial charge in [0.15, 0.2) is 0 Å². The van der Waals surface area contributed by atoms with Crippen LogP contribution >= 0.6 is 0 Å². The van der Waals surface area contributed by atoms with Crippen molar-refractivity contribution in [2.75, 3.05) is 13.7 Å². The molecule has 0 saturated carbocycles. The summed E-state index contributed by atoms with van der Waals surface area (Å²) in [6.07, 6.45) is 1.57. The summed E-state index contributed by atoms with van der Waals surface area (Å²) in [7, 11) is 1.66. The number of hydrogen-bond acceptors (Lipinski definition) is 4. The van der Waals surface area contributed by atoms with E-state index in [9.17, 15) is 0 Å². The Labute approximate surface area is 79.7 Å². The van der Waals surface area contributed by atoms with Gasteiger partial charge in [0.05, 0.1) is 17.8 Å². The van der Waals surface area contributed by atoms with E-state index in [2.05, 4.69) is 4.99 Å². The molecule has 0 heterocycles. The first-order chi connectivity index (χ1) is 5.89. The van der Waals surface area contributed by atoms with Crippen molar-refractivity contribution < 1.29 is 4.74 Å². The summed E-state index contributed by atoms with van der Waals surface area (Å²) in [4.78, 5) is 4.12. The van der Waals surface area contributed by atoms with Gasteiger partial charge < -0.3 is 16.2 Å². The molecule has 0 atom stereocenters. The Kier molecular flexibility index (Phi) is 4.48. The van der Waals surface area contributed by atoms with Crippen molar-refractivity contribution in [3.8, 4) is 0 Å². The molecule has 0 fully saturated rings. The number of nitrogens with two attached hydrogens (primary N) is 2. The van der Waals surface area contributed by atoms with Crippen LogP contribution in [0.1, 0.15) is 20.8 Å². The van der Waals surface area contributed by atoms with Gasteiger partial charge in [-0.3, -0.25) is 4.99 Å². The van der Waals surface area contributed by atoms with Crippen LogP contribution in [0.25, 0.3) is 0 Å². The van der Waals surface area contributed by atoms with Crippen LogP contribution in [0.4, 0.5) is 0 Å². The molecule has 0 amide bonds. The summed E-state index contributed by atoms with van der Waals surface area (Å²) in [5.41, 5.74) is 11.8. The predicted molar refractivity (Wildman–Crippen MR) is 55.5 cm³/mol. The van der Waals surface area contributed by atoms with Crippen LogP contribution in [0.2, 0.25) is 0 Å². The number of ether oxygens (including phenoxy) is 1. The van der Waals surface area contributed by atoms with E-state index in [0.29, 0.717) is 17.9 Å². The fourth-order valence-corrected chi connectivity index (χ4v) is 0.530. The zero-order valence-corrected chi connectivity index (χ0v) is 8.79. The molecule has 4 N–H and O–H groups in total. The molecule has 0 aliphatic rings. The summed E-state index contributed by atoms with van der Waals surface area (Å²) in [6.45, 7) is 6.22. The van der Waals surface area contributed by atoms with Gasteiger partial charge in [0.1, 0.15) is 0 Å². The third kappa shape index (κ3) is 5.25. The molecule has 0 aliphatic carbocycles. The second-order valence-corrected chi connectivity index (χ2v) is 3.57. The highest BCUT2D eigenvalue weighted by atomic mass is 16.5. The minimum absolute atomic E-state index is 0.251. The van der Waals surface area contributed by atoms with Crippen molar-refractivity contribution in [2.45, 2.75) is 26.4 Å². The average Bonchev–Trinajstić information content (AvgIpc) is 2.04. The number of aliphatic imine (C=N–C) groups is 1. The molecule has 0 saturated heterocycles. The summed E-state index contributed by atoms with van der Waals surface area (Å²) >= 11 is 0. The quantitative estimate of drug-likeness (QED) is 0.631. The van der Waals surface area contributed by atoms with E-state index in [-0.39, 0.29) is 5.60 Å². The van der Waals surface area contributed by atoms with Crippen molar-refractivity contribution in [3.63, 3.8) is 0 Å². The SMILES string of the molecule is COC(C)(C)CN=CC(N)=C(C)N. The molecular weight excluding hydrogens is 166 g/mol. The zero-order valence-electron chi connectivity index (χ0n) is 8.79. The molecule has 0 aromatic heterocycles. The molecule has 0 bridgehead atoms. The van der Waals surface area contributed by atoms with Gasteiger partial charge in [0.25, 0.3) is 0 Å². The van der Waals surface area contributed by atoms with Crippen LogP contribution in [-0.4, -0.2) is 25.5 Å². The first-order valence-electron chi connectivity index (χ1n) is 4.16. The van der Waals surface area contributed by atoms with Crippen molar-refractivity contribution in [1.82, 2.24) is 0 Å². The van der Waals surface area contributed by atoms with E-state index in [0.717, 1.165) is 0 Å². The lowest BCUT2D eigenvalue weighted by molar-refractivity contribution is 0.0313. The van der Waals surface area contributed by atoms with E-state index < -0.39 is 0 Å². The lowest BCUT2D eigenvalue weighted by atomic mass is 10.1. The van der Waals surface area contributed by atoms with Crippen LogP contribution in [0.3, 0.4) is 0 Å². The van der Waals surface area contributed by atoms with Crippen molar-refractivity contribution in [3.05, 3.63) is 11.4 Å². The fourth-order valence-electron chi connectivity index (χ4n) is 0.530. The van der Waals surface area contributed by atoms with Gasteiger partial charge in [0, 0.05) is 19.0 Å². The number of hydrogen-bond donors (Lipinski definition) is 2. The average molecular weight is 185 g/mol. The molecular formula is C9H19N3O. The van der Waals surface area contributed by atoms with Gasteiger partial charge in [-0.15, -0.1) is 0 Å². The van der Waals surface area contributed by atoms with E-state index in [1.165, 1.54) is 0 Å². The van der Waals surface area contributed by atoms with Gasteiger partial charge in [-0.25, -0.2) is 0 Å². The van der Waals surface area contributed by atoms with E-state index in [1.54, 1.807) is 20.2 Å². The van der Waals surface area contributed by atoms with Gasteiger partial charge in [-0.1, -0.05) is 0 Å². The summed E-state index contributed by atoms with van der Waals surface area (Å²) in [6, 6.07) is 0. The second kappa shape index (κ2) is 4.87. The van der Waals surface area contributed by atoms with Crippen LogP contribution in [0.15, 0.2) is 16.4 Å². The van der Waals surface area contributed by atoms with Gasteiger partial charge in [-0.05, 0) is 20.8 Å². The predicted octanol–water partition coefficient (Wildman–Crippen LogP) is 0.631. The maximum atomic E-state index is 5.55. The molecule has 0 aromatic carbocycles. The normalized spacial score (nSPS) is 14.8. The number of nitrogens with zero attached hydrogens (tertiary/aromatic N) is 1. The Bertz CT molecular complexity index is 215. The van der Waals surface area contributed by atoms with Crippen LogP contribution < -0.4 is 11.5 Å². The molecule has 13 heavy (non-hydrogen) atoms. The summed E-state index contributed by atoms with van der Waals surface area (Å²) < 4.78 is 5.18. The smallest absolute Gasteiger partial charge is 0.0817 e. The Hall–Kier alpha value is -1.03. The Morgan fingerprint density at radius 1 is 1.46 bits per heavy atom. The highest BCUT2D eigenvalue weighted by Crippen LogP contribution is 2.06. The summed E-state index contributed by atoms with van der Waals surface area (Å²) in [5.74, 6) is 0. The third-order valence-electron chi connectivity index (χ3n) is 1.71. The van der Waals surface area contributed by atoms with Crippen LogP contribution in [-0.2, 0) is 4.74 Å². The monoisotopic (exact) mass is 185 g/mol. The Balaban J connectivity index is 4.11. The number of allylic oxidation sites excluding steroid dienone is 2. The minimum Gasteiger partial charge on any atom is -0.401 e. The van der Waals surface area contributed by atoms with E-state index in [1.807, 2.05) is 13.8 Å². The Morgan fingerprint density at radius 3 is 2.38 bits per heavy atom. The van der Waals surface area contributed by atoms with Crippen molar-refractivity contribution in [1.29, 1.82) is 0 Å². The standard InChI is InChI=1S/C9H19N3O/c1-7(10)8(11)5-12-6-9(2,3)13-4/h5H,6,10-11H2,1-4H3. The molecule has 0 spiro atoms. The second-order valence-electron chi connectivity index (χ2n) is 3.57. The van der Waals surface area contributed by atoms with Gasteiger partial charge in [-0.2, -0.15) is 0 Å². The topological polar surface area (TPSA) is 73.6 Å². The first kappa shape index (κ1) is 12.0. The van der Waals surface area contributed by atoms with Crippen LogP contribution in [0, 0.1) is 0 Å².